The molecule has 1 unspecified atom stereocenters. The summed E-state index contributed by atoms with van der Waals surface area (Å²) < 4.78 is 46.8. The van der Waals surface area contributed by atoms with E-state index in [0.717, 1.165) is 16.5 Å². The summed E-state index contributed by atoms with van der Waals surface area (Å²) in [6.07, 6.45) is 0.983. The number of rotatable bonds is 13. The SMILES string of the molecule is C=CC(C=O)Nc1cc(Nc2nccc(-c3cn(C)c4ccccc34)n2)c(OCC(F)(F)F)nc1N(C)CCN(C)C. The summed E-state index contributed by atoms with van der Waals surface area (Å²) in [7, 11) is 7.48. The van der Waals surface area contributed by atoms with Gasteiger partial charge < -0.3 is 34.5 Å². The van der Waals surface area contributed by atoms with Gasteiger partial charge in [0.25, 0.3) is 0 Å². The number of fused-ring (bicyclic) bond motifs is 1. The first-order chi connectivity index (χ1) is 20.0. The van der Waals surface area contributed by atoms with E-state index in [1.807, 2.05) is 61.1 Å². The van der Waals surface area contributed by atoms with Crippen molar-refractivity contribution in [1.82, 2.24) is 24.4 Å². The number of benzene rings is 1. The minimum absolute atomic E-state index is 0.0790. The van der Waals surface area contributed by atoms with Gasteiger partial charge in [0.15, 0.2) is 12.4 Å². The quantitative estimate of drug-likeness (QED) is 0.169. The van der Waals surface area contributed by atoms with Gasteiger partial charge in [0.2, 0.25) is 11.8 Å². The molecule has 4 aromatic rings. The second-order valence-corrected chi connectivity index (χ2v) is 9.94. The highest BCUT2D eigenvalue weighted by Gasteiger charge is 2.30. The molecular weight excluding hydrogens is 549 g/mol. The van der Waals surface area contributed by atoms with E-state index in [4.69, 9.17) is 4.74 Å². The van der Waals surface area contributed by atoms with Crippen LogP contribution in [0.25, 0.3) is 22.2 Å². The Hall–Kier alpha value is -4.65. The summed E-state index contributed by atoms with van der Waals surface area (Å²) in [5.41, 5.74) is 2.95. The molecule has 2 N–H and O–H groups in total. The number of anilines is 4. The first kappa shape index (κ1) is 30.3. The number of likely N-dealkylation sites (N-methyl/N-ethyl adjacent to an activating group) is 2. The molecule has 0 saturated heterocycles. The Bertz CT molecular complexity index is 1550. The Morgan fingerprint density at radius 3 is 2.57 bits per heavy atom. The summed E-state index contributed by atoms with van der Waals surface area (Å²) in [5, 5.41) is 7.00. The van der Waals surface area contributed by atoms with Gasteiger partial charge in [-0.1, -0.05) is 24.3 Å². The maximum atomic E-state index is 13.2. The third kappa shape index (κ3) is 7.35. The minimum Gasteiger partial charge on any atom is -0.466 e. The molecule has 1 aromatic carbocycles. The number of hydrogen-bond donors (Lipinski definition) is 2. The fourth-order valence-corrected chi connectivity index (χ4v) is 4.25. The van der Waals surface area contributed by atoms with E-state index in [1.165, 1.54) is 12.1 Å². The predicted molar refractivity (Wildman–Crippen MR) is 159 cm³/mol. The zero-order valence-electron chi connectivity index (χ0n) is 23.8. The van der Waals surface area contributed by atoms with Crippen molar-refractivity contribution in [1.29, 1.82) is 0 Å². The van der Waals surface area contributed by atoms with Gasteiger partial charge in [-0.05, 0) is 32.3 Å². The zero-order valence-corrected chi connectivity index (χ0v) is 23.8. The highest BCUT2D eigenvalue weighted by molar-refractivity contribution is 5.95. The topological polar surface area (TPSA) is 100 Å². The van der Waals surface area contributed by atoms with Crippen LogP contribution in [0.3, 0.4) is 0 Å². The fraction of sp³-hybridized carbons (Fsp3) is 0.310. The van der Waals surface area contributed by atoms with Gasteiger partial charge in [0, 0.05) is 56.0 Å². The van der Waals surface area contributed by atoms with E-state index in [-0.39, 0.29) is 17.5 Å². The van der Waals surface area contributed by atoms with Crippen LogP contribution in [-0.4, -0.2) is 83.8 Å². The lowest BCUT2D eigenvalue weighted by molar-refractivity contribution is -0.153. The predicted octanol–water partition coefficient (Wildman–Crippen LogP) is 4.88. The van der Waals surface area contributed by atoms with Gasteiger partial charge in [-0.15, -0.1) is 6.58 Å². The molecule has 0 bridgehead atoms. The third-order valence-electron chi connectivity index (χ3n) is 6.38. The molecule has 0 radical (unpaired) electrons. The van der Waals surface area contributed by atoms with Crippen LogP contribution in [0, 0.1) is 0 Å². The second kappa shape index (κ2) is 12.9. The smallest absolute Gasteiger partial charge is 0.422 e. The van der Waals surface area contributed by atoms with Crippen LogP contribution in [0.1, 0.15) is 0 Å². The number of halogens is 3. The molecular formula is C29H33F3N8O2. The Morgan fingerprint density at radius 1 is 1.12 bits per heavy atom. The van der Waals surface area contributed by atoms with Crippen molar-refractivity contribution in [3.8, 4) is 17.1 Å². The Kier molecular flexibility index (Phi) is 9.31. The number of aryl methyl sites for hydroxylation is 1. The van der Waals surface area contributed by atoms with E-state index in [1.54, 1.807) is 24.2 Å². The Morgan fingerprint density at radius 2 is 1.88 bits per heavy atom. The van der Waals surface area contributed by atoms with Crippen molar-refractivity contribution in [3.05, 3.63) is 61.4 Å². The van der Waals surface area contributed by atoms with Crippen LogP contribution < -0.4 is 20.3 Å². The Labute approximate surface area is 241 Å². The number of ether oxygens (including phenoxy) is 1. The van der Waals surface area contributed by atoms with Gasteiger partial charge in [-0.3, -0.25) is 0 Å². The number of aromatic nitrogens is 4. The molecule has 0 aliphatic heterocycles. The summed E-state index contributed by atoms with van der Waals surface area (Å²) in [5.74, 6) is 0.109. The molecule has 222 valence electrons. The van der Waals surface area contributed by atoms with Crippen LogP contribution in [0.4, 0.5) is 36.3 Å². The van der Waals surface area contributed by atoms with Crippen molar-refractivity contribution in [2.45, 2.75) is 12.2 Å². The van der Waals surface area contributed by atoms with Gasteiger partial charge in [0.05, 0.1) is 11.4 Å². The molecule has 0 aliphatic rings. The van der Waals surface area contributed by atoms with Crippen LogP contribution >= 0.6 is 0 Å². The maximum absolute atomic E-state index is 13.2. The van der Waals surface area contributed by atoms with Gasteiger partial charge in [-0.2, -0.15) is 18.2 Å². The number of pyridine rings is 1. The van der Waals surface area contributed by atoms with E-state index in [9.17, 15) is 18.0 Å². The van der Waals surface area contributed by atoms with Gasteiger partial charge in [0.1, 0.15) is 18.0 Å². The van der Waals surface area contributed by atoms with Crippen LogP contribution in [0.15, 0.2) is 61.4 Å². The molecule has 0 aliphatic carbocycles. The molecule has 3 aromatic heterocycles. The molecule has 0 saturated carbocycles. The van der Waals surface area contributed by atoms with E-state index >= 15 is 0 Å². The number of para-hydroxylation sites is 1. The van der Waals surface area contributed by atoms with Crippen LogP contribution in [0.5, 0.6) is 5.88 Å². The van der Waals surface area contributed by atoms with E-state index in [0.29, 0.717) is 36.6 Å². The van der Waals surface area contributed by atoms with Crippen molar-refractivity contribution in [2.75, 3.05) is 56.4 Å². The zero-order chi connectivity index (χ0) is 30.4. The number of carbonyl (C=O) groups excluding carboxylic acids is 1. The van der Waals surface area contributed by atoms with E-state index < -0.39 is 18.8 Å². The summed E-state index contributed by atoms with van der Waals surface area (Å²) in [6, 6.07) is 10.4. The average molecular weight is 583 g/mol. The summed E-state index contributed by atoms with van der Waals surface area (Å²) in [6.45, 7) is 3.25. The highest BCUT2D eigenvalue weighted by Crippen LogP contribution is 2.36. The van der Waals surface area contributed by atoms with Gasteiger partial charge >= 0.3 is 6.18 Å². The fourth-order valence-electron chi connectivity index (χ4n) is 4.25. The number of nitrogens with zero attached hydrogens (tertiary/aromatic N) is 6. The standard InChI is InChI=1S/C29H33F3N8O2/c1-6-19(17-41)34-23-15-24(27(42-18-29(30,31)32)37-26(23)39(4)14-13-38(2)3)36-28-33-12-11-22(35-28)21-16-40(5)25-10-8-7-9-20(21)25/h6-12,15-17,19,34H,1,13-14,18H2,2-5H3,(H,33,35,36). The molecule has 1 atom stereocenters. The lowest BCUT2D eigenvalue weighted by atomic mass is 10.1. The van der Waals surface area contributed by atoms with Crippen LogP contribution in [-0.2, 0) is 11.8 Å². The van der Waals surface area contributed by atoms with E-state index in [2.05, 4.69) is 32.2 Å². The number of carbonyl (C=O) groups is 1. The number of hydrogen-bond acceptors (Lipinski definition) is 9. The highest BCUT2D eigenvalue weighted by atomic mass is 19.4. The van der Waals surface area contributed by atoms with Crippen molar-refractivity contribution in [3.63, 3.8) is 0 Å². The number of nitrogens with one attached hydrogen (secondary N) is 2. The molecule has 10 nitrogen and oxygen atoms in total. The minimum atomic E-state index is -4.59. The monoisotopic (exact) mass is 582 g/mol. The molecule has 0 amide bonds. The van der Waals surface area contributed by atoms with Crippen molar-refractivity contribution >= 4 is 40.3 Å². The molecule has 42 heavy (non-hydrogen) atoms. The maximum Gasteiger partial charge on any atom is 0.422 e. The molecule has 4 rings (SSSR count). The second-order valence-electron chi connectivity index (χ2n) is 9.94. The molecule has 13 heteroatoms. The summed E-state index contributed by atoms with van der Waals surface area (Å²) in [4.78, 5) is 28.7. The van der Waals surface area contributed by atoms with Crippen molar-refractivity contribution < 1.29 is 22.7 Å². The molecule has 3 heterocycles. The lowest BCUT2D eigenvalue weighted by Gasteiger charge is -2.26. The lowest BCUT2D eigenvalue weighted by Crippen LogP contribution is -2.30. The summed E-state index contributed by atoms with van der Waals surface area (Å²) >= 11 is 0. The first-order valence-corrected chi connectivity index (χ1v) is 13.1. The van der Waals surface area contributed by atoms with Crippen molar-refractivity contribution in [2.24, 2.45) is 7.05 Å². The normalized spacial score (nSPS) is 12.3. The third-order valence-corrected chi connectivity index (χ3v) is 6.38. The largest absolute Gasteiger partial charge is 0.466 e. The Balaban J connectivity index is 1.77. The van der Waals surface area contributed by atoms with Crippen LogP contribution in [0.2, 0.25) is 0 Å². The first-order valence-electron chi connectivity index (χ1n) is 13.1. The number of alkyl halides is 3. The average Bonchev–Trinajstić information content (AvgIpc) is 3.30. The molecule has 0 fully saturated rings. The number of aldehydes is 1. The van der Waals surface area contributed by atoms with Gasteiger partial charge in [-0.25, -0.2) is 9.97 Å². The molecule has 0 spiro atoms.